The number of fused-ring (bicyclic) bond motifs is 1. The largest absolute Gasteiger partial charge is 0.508 e. The Morgan fingerprint density at radius 3 is 2.73 bits per heavy atom. The average Bonchev–Trinajstić information content (AvgIpc) is 2.53. The van der Waals surface area contributed by atoms with Gasteiger partial charge in [0.05, 0.1) is 11.6 Å². The van der Waals surface area contributed by atoms with E-state index in [-0.39, 0.29) is 11.9 Å². The fraction of sp³-hybridized carbons (Fsp3) is 0.105. The Kier molecular flexibility index (Phi) is 3.44. The zero-order valence-electron chi connectivity index (χ0n) is 12.2. The van der Waals surface area contributed by atoms with Crippen LogP contribution < -0.4 is 4.74 Å². The van der Waals surface area contributed by atoms with Crippen LogP contribution in [0.25, 0.3) is 11.3 Å². The molecule has 0 bridgehead atoms. The predicted molar refractivity (Wildman–Crippen MR) is 86.4 cm³/mol. The van der Waals surface area contributed by atoms with Crippen LogP contribution in [0.5, 0.6) is 5.75 Å². The number of nitriles is 1. The molecule has 2 aromatic rings. The Labute approximate surface area is 129 Å². The van der Waals surface area contributed by atoms with E-state index in [2.05, 4.69) is 12.6 Å². The third kappa shape index (κ3) is 2.36. The van der Waals surface area contributed by atoms with E-state index in [0.29, 0.717) is 11.1 Å². The molecular formula is C19H15NO2. The second-order valence-electron chi connectivity index (χ2n) is 5.22. The van der Waals surface area contributed by atoms with E-state index < -0.39 is 0 Å². The fourth-order valence-electron chi connectivity index (χ4n) is 2.63. The lowest BCUT2D eigenvalue weighted by Gasteiger charge is -2.24. The van der Waals surface area contributed by atoms with Crippen molar-refractivity contribution in [1.82, 2.24) is 0 Å². The van der Waals surface area contributed by atoms with Gasteiger partial charge in [0, 0.05) is 11.1 Å². The molecule has 0 saturated carbocycles. The van der Waals surface area contributed by atoms with Gasteiger partial charge in [-0.1, -0.05) is 24.8 Å². The quantitative estimate of drug-likeness (QED) is 0.839. The molecule has 1 heterocycles. The topological polar surface area (TPSA) is 53.2 Å². The fourth-order valence-corrected chi connectivity index (χ4v) is 2.63. The zero-order chi connectivity index (χ0) is 15.7. The number of aliphatic hydroxyl groups is 1. The molecular weight excluding hydrogens is 274 g/mol. The average molecular weight is 289 g/mol. The molecule has 2 aromatic carbocycles. The Morgan fingerprint density at radius 2 is 2.00 bits per heavy atom. The van der Waals surface area contributed by atoms with Crippen molar-refractivity contribution < 1.29 is 9.84 Å². The first-order valence-electron chi connectivity index (χ1n) is 7.01. The van der Waals surface area contributed by atoms with Gasteiger partial charge in [0.2, 0.25) is 0 Å². The van der Waals surface area contributed by atoms with Crippen molar-refractivity contribution in [3.05, 3.63) is 77.4 Å². The summed E-state index contributed by atoms with van der Waals surface area (Å²) in [5, 5.41) is 19.0. The highest BCUT2D eigenvalue weighted by atomic mass is 16.5. The molecule has 3 nitrogen and oxygen atoms in total. The predicted octanol–water partition coefficient (Wildman–Crippen LogP) is 4.30. The SMILES string of the molecule is C=C(O)c1ccc2c(c1)C(c1ccccc1C#N)=CC(C)O2. The highest BCUT2D eigenvalue weighted by Crippen LogP contribution is 2.38. The normalized spacial score (nSPS) is 16.0. The first-order valence-corrected chi connectivity index (χ1v) is 7.01. The van der Waals surface area contributed by atoms with Crippen LogP contribution in [0.1, 0.15) is 29.2 Å². The molecule has 1 N–H and O–H groups in total. The van der Waals surface area contributed by atoms with Crippen molar-refractivity contribution in [2.45, 2.75) is 13.0 Å². The van der Waals surface area contributed by atoms with E-state index in [1.807, 2.05) is 43.3 Å². The Bertz CT molecular complexity index is 828. The molecule has 0 saturated heterocycles. The van der Waals surface area contributed by atoms with Gasteiger partial charge in [-0.2, -0.15) is 5.26 Å². The van der Waals surface area contributed by atoms with Crippen molar-refractivity contribution in [2.75, 3.05) is 0 Å². The third-order valence-corrected chi connectivity index (χ3v) is 3.65. The molecule has 108 valence electrons. The second kappa shape index (κ2) is 5.42. The summed E-state index contributed by atoms with van der Waals surface area (Å²) in [6.07, 6.45) is 1.90. The third-order valence-electron chi connectivity index (χ3n) is 3.65. The first-order chi connectivity index (χ1) is 10.6. The number of benzene rings is 2. The summed E-state index contributed by atoms with van der Waals surface area (Å²) in [5.41, 5.74) is 3.91. The summed E-state index contributed by atoms with van der Waals surface area (Å²) in [6.45, 7) is 5.52. The molecule has 3 heteroatoms. The van der Waals surface area contributed by atoms with Gasteiger partial charge < -0.3 is 9.84 Å². The van der Waals surface area contributed by atoms with Crippen LogP contribution in [-0.2, 0) is 0 Å². The summed E-state index contributed by atoms with van der Waals surface area (Å²) in [6, 6.07) is 15.1. The van der Waals surface area contributed by atoms with Crippen LogP contribution in [0.2, 0.25) is 0 Å². The first kappa shape index (κ1) is 14.0. The minimum absolute atomic E-state index is 0.00865. The molecule has 1 unspecified atom stereocenters. The minimum atomic E-state index is -0.0857. The van der Waals surface area contributed by atoms with Gasteiger partial charge in [-0.05, 0) is 48.4 Å². The molecule has 1 atom stereocenters. The molecule has 0 fully saturated rings. The van der Waals surface area contributed by atoms with Gasteiger partial charge in [-0.15, -0.1) is 0 Å². The van der Waals surface area contributed by atoms with Gasteiger partial charge in [-0.25, -0.2) is 0 Å². The van der Waals surface area contributed by atoms with Crippen LogP contribution in [0.3, 0.4) is 0 Å². The molecule has 0 aromatic heterocycles. The molecule has 22 heavy (non-hydrogen) atoms. The maximum absolute atomic E-state index is 9.63. The summed E-state index contributed by atoms with van der Waals surface area (Å²) < 4.78 is 5.82. The lowest BCUT2D eigenvalue weighted by Crippen LogP contribution is -2.15. The lowest BCUT2D eigenvalue weighted by molar-refractivity contribution is 0.265. The van der Waals surface area contributed by atoms with Gasteiger partial charge >= 0.3 is 0 Å². The minimum Gasteiger partial charge on any atom is -0.508 e. The van der Waals surface area contributed by atoms with Gasteiger partial charge in [-0.3, -0.25) is 0 Å². The highest BCUT2D eigenvalue weighted by molar-refractivity contribution is 5.87. The van der Waals surface area contributed by atoms with Crippen molar-refractivity contribution in [3.63, 3.8) is 0 Å². The molecule has 3 rings (SSSR count). The van der Waals surface area contributed by atoms with Crippen LogP contribution >= 0.6 is 0 Å². The van der Waals surface area contributed by atoms with Crippen LogP contribution in [0, 0.1) is 11.3 Å². The smallest absolute Gasteiger partial charge is 0.128 e. The Hall–Kier alpha value is -2.99. The molecule has 0 radical (unpaired) electrons. The summed E-state index contributed by atoms with van der Waals surface area (Å²) in [7, 11) is 0. The molecule has 0 spiro atoms. The van der Waals surface area contributed by atoms with E-state index >= 15 is 0 Å². The van der Waals surface area contributed by atoms with E-state index in [0.717, 1.165) is 22.4 Å². The number of rotatable bonds is 2. The van der Waals surface area contributed by atoms with Crippen LogP contribution in [-0.4, -0.2) is 11.2 Å². The van der Waals surface area contributed by atoms with E-state index in [1.165, 1.54) is 0 Å². The van der Waals surface area contributed by atoms with Crippen LogP contribution in [0.4, 0.5) is 0 Å². The molecule has 0 amide bonds. The maximum atomic E-state index is 9.63. The van der Waals surface area contributed by atoms with E-state index in [1.54, 1.807) is 12.1 Å². The number of hydrogen-bond acceptors (Lipinski definition) is 3. The van der Waals surface area contributed by atoms with Crippen molar-refractivity contribution in [3.8, 4) is 11.8 Å². The standard InChI is InChI=1S/C19H15NO2/c1-12-9-17(16-6-4-3-5-15(16)11-20)18-10-14(13(2)21)7-8-19(18)22-12/h3-10,12,21H,2H2,1H3. The van der Waals surface area contributed by atoms with E-state index in [4.69, 9.17) is 4.74 Å². The maximum Gasteiger partial charge on any atom is 0.128 e. The number of ether oxygens (including phenoxy) is 1. The summed E-state index contributed by atoms with van der Waals surface area (Å²) >= 11 is 0. The number of hydrogen-bond donors (Lipinski definition) is 1. The van der Waals surface area contributed by atoms with Crippen molar-refractivity contribution in [1.29, 1.82) is 5.26 Å². The summed E-state index contributed by atoms with van der Waals surface area (Å²) in [5.74, 6) is 0.747. The van der Waals surface area contributed by atoms with Crippen molar-refractivity contribution >= 4 is 11.3 Å². The highest BCUT2D eigenvalue weighted by Gasteiger charge is 2.21. The lowest BCUT2D eigenvalue weighted by atomic mass is 9.90. The second-order valence-corrected chi connectivity index (χ2v) is 5.22. The zero-order valence-corrected chi connectivity index (χ0v) is 12.2. The van der Waals surface area contributed by atoms with Gasteiger partial charge in [0.1, 0.15) is 17.6 Å². The summed E-state index contributed by atoms with van der Waals surface area (Å²) in [4.78, 5) is 0. The van der Waals surface area contributed by atoms with Crippen molar-refractivity contribution in [2.24, 2.45) is 0 Å². The van der Waals surface area contributed by atoms with Gasteiger partial charge in [0.15, 0.2) is 0 Å². The molecule has 0 aliphatic carbocycles. The monoisotopic (exact) mass is 289 g/mol. The van der Waals surface area contributed by atoms with E-state index in [9.17, 15) is 10.4 Å². The Balaban J connectivity index is 2.23. The number of aliphatic hydroxyl groups excluding tert-OH is 1. The van der Waals surface area contributed by atoms with Gasteiger partial charge in [0.25, 0.3) is 0 Å². The Morgan fingerprint density at radius 1 is 1.23 bits per heavy atom. The molecule has 1 aliphatic rings. The number of nitrogens with zero attached hydrogens (tertiary/aromatic N) is 1. The van der Waals surface area contributed by atoms with Crippen LogP contribution in [0.15, 0.2) is 55.1 Å². The molecule has 1 aliphatic heterocycles.